The summed E-state index contributed by atoms with van der Waals surface area (Å²) in [7, 11) is 0. The molecule has 2 aromatic rings. The van der Waals surface area contributed by atoms with E-state index in [0.29, 0.717) is 18.5 Å². The monoisotopic (exact) mass is 407 g/mol. The Hall–Kier alpha value is -2.70. The number of hydrogen-bond acceptors (Lipinski definition) is 4. The maximum Gasteiger partial charge on any atom is 0.328 e. The first-order valence-electron chi connectivity index (χ1n) is 10.5. The second kappa shape index (κ2) is 7.85. The van der Waals surface area contributed by atoms with Gasteiger partial charge in [-0.1, -0.05) is 48.5 Å². The Morgan fingerprint density at radius 1 is 1.03 bits per heavy atom. The van der Waals surface area contributed by atoms with E-state index >= 15 is 0 Å². The fourth-order valence-corrected chi connectivity index (χ4v) is 4.37. The van der Waals surface area contributed by atoms with Crippen LogP contribution in [0.15, 0.2) is 54.6 Å². The molecule has 3 amide bonds. The molecule has 30 heavy (non-hydrogen) atoms. The standard InChI is InChI=1S/C24H29N3O3/c1-23(2)19-10-6-7-11-20(19)27(21(23)28)22(29)25-17-24(30)12-14-26(15-13-24)16-18-8-4-3-5-9-18/h3-11,30H,12-17H2,1-2H3,(H,25,29). The third-order valence-corrected chi connectivity index (χ3v) is 6.36. The second-order valence-corrected chi connectivity index (χ2v) is 8.93. The minimum Gasteiger partial charge on any atom is -0.388 e. The Bertz CT molecular complexity index is 934. The lowest BCUT2D eigenvalue weighted by atomic mass is 9.86. The Morgan fingerprint density at radius 2 is 1.67 bits per heavy atom. The molecule has 2 aromatic carbocycles. The van der Waals surface area contributed by atoms with Crippen LogP contribution in [0.3, 0.4) is 0 Å². The van der Waals surface area contributed by atoms with Crippen molar-refractivity contribution in [3.05, 3.63) is 65.7 Å². The number of imide groups is 1. The van der Waals surface area contributed by atoms with Crippen LogP contribution >= 0.6 is 0 Å². The number of rotatable bonds is 4. The number of amides is 3. The summed E-state index contributed by atoms with van der Waals surface area (Å²) in [4.78, 5) is 29.3. The average molecular weight is 408 g/mol. The molecule has 2 aliphatic heterocycles. The first-order valence-corrected chi connectivity index (χ1v) is 10.5. The van der Waals surface area contributed by atoms with Gasteiger partial charge in [-0.25, -0.2) is 9.69 Å². The SMILES string of the molecule is CC1(C)C(=O)N(C(=O)NCC2(O)CCN(Cc3ccccc3)CC2)c2ccccc21. The highest BCUT2D eigenvalue weighted by molar-refractivity contribution is 6.22. The van der Waals surface area contributed by atoms with Gasteiger partial charge in [0.05, 0.1) is 16.7 Å². The van der Waals surface area contributed by atoms with Gasteiger partial charge in [-0.2, -0.15) is 0 Å². The maximum absolute atomic E-state index is 12.9. The number of para-hydroxylation sites is 1. The van der Waals surface area contributed by atoms with Crippen molar-refractivity contribution in [1.29, 1.82) is 0 Å². The molecule has 4 rings (SSSR count). The van der Waals surface area contributed by atoms with Crippen molar-refractivity contribution < 1.29 is 14.7 Å². The number of likely N-dealkylation sites (tertiary alicyclic amines) is 1. The van der Waals surface area contributed by atoms with E-state index in [9.17, 15) is 14.7 Å². The van der Waals surface area contributed by atoms with Gasteiger partial charge in [-0.05, 0) is 43.9 Å². The molecule has 0 unspecified atom stereocenters. The Labute approximate surface area is 177 Å². The molecule has 6 nitrogen and oxygen atoms in total. The summed E-state index contributed by atoms with van der Waals surface area (Å²) < 4.78 is 0. The lowest BCUT2D eigenvalue weighted by molar-refractivity contribution is -0.121. The molecule has 0 radical (unpaired) electrons. The first-order chi connectivity index (χ1) is 14.3. The number of anilines is 1. The van der Waals surface area contributed by atoms with Gasteiger partial charge < -0.3 is 10.4 Å². The smallest absolute Gasteiger partial charge is 0.328 e. The number of carbonyl (C=O) groups excluding carboxylic acids is 2. The van der Waals surface area contributed by atoms with Crippen molar-refractivity contribution in [1.82, 2.24) is 10.2 Å². The lowest BCUT2D eigenvalue weighted by Gasteiger charge is -2.38. The van der Waals surface area contributed by atoms with Gasteiger partial charge in [0.15, 0.2) is 0 Å². The van der Waals surface area contributed by atoms with E-state index in [1.807, 2.05) is 50.2 Å². The summed E-state index contributed by atoms with van der Waals surface area (Å²) in [5.41, 5.74) is 1.02. The molecule has 2 heterocycles. The van der Waals surface area contributed by atoms with Crippen LogP contribution in [-0.4, -0.2) is 47.2 Å². The molecular formula is C24H29N3O3. The molecule has 0 aliphatic carbocycles. The van der Waals surface area contributed by atoms with Crippen molar-refractivity contribution in [3.63, 3.8) is 0 Å². The largest absolute Gasteiger partial charge is 0.388 e. The van der Waals surface area contributed by atoms with Gasteiger partial charge in [0.25, 0.3) is 0 Å². The van der Waals surface area contributed by atoms with Crippen LogP contribution in [0.5, 0.6) is 0 Å². The van der Waals surface area contributed by atoms with E-state index in [1.54, 1.807) is 6.07 Å². The third-order valence-electron chi connectivity index (χ3n) is 6.36. The van der Waals surface area contributed by atoms with E-state index in [1.165, 1.54) is 10.5 Å². The number of piperidine rings is 1. The number of nitrogens with one attached hydrogen (secondary N) is 1. The molecule has 0 aromatic heterocycles. The highest BCUT2D eigenvalue weighted by Gasteiger charge is 2.46. The van der Waals surface area contributed by atoms with Crippen LogP contribution in [0.1, 0.15) is 37.8 Å². The molecule has 0 saturated carbocycles. The highest BCUT2D eigenvalue weighted by Crippen LogP contribution is 2.41. The number of nitrogens with zero attached hydrogens (tertiary/aromatic N) is 2. The molecular weight excluding hydrogens is 378 g/mol. The van der Waals surface area contributed by atoms with Crippen LogP contribution in [0.4, 0.5) is 10.5 Å². The normalized spacial score (nSPS) is 20.1. The summed E-state index contributed by atoms with van der Waals surface area (Å²) in [5.74, 6) is -0.245. The quantitative estimate of drug-likeness (QED) is 0.817. The van der Waals surface area contributed by atoms with Crippen LogP contribution < -0.4 is 10.2 Å². The van der Waals surface area contributed by atoms with E-state index in [0.717, 1.165) is 25.2 Å². The summed E-state index contributed by atoms with van der Waals surface area (Å²) in [6.45, 7) is 6.18. The van der Waals surface area contributed by atoms with Crippen LogP contribution in [0.2, 0.25) is 0 Å². The fourth-order valence-electron chi connectivity index (χ4n) is 4.37. The Morgan fingerprint density at radius 3 is 2.37 bits per heavy atom. The molecule has 2 N–H and O–H groups in total. The zero-order valence-corrected chi connectivity index (χ0v) is 17.6. The van der Waals surface area contributed by atoms with Crippen molar-refractivity contribution in [2.75, 3.05) is 24.5 Å². The zero-order chi connectivity index (χ0) is 21.4. The van der Waals surface area contributed by atoms with Crippen molar-refractivity contribution in [2.45, 2.75) is 44.2 Å². The summed E-state index contributed by atoms with van der Waals surface area (Å²) >= 11 is 0. The number of benzene rings is 2. The molecule has 0 atom stereocenters. The maximum atomic E-state index is 12.9. The number of hydrogen-bond donors (Lipinski definition) is 2. The van der Waals surface area contributed by atoms with Gasteiger partial charge in [0.2, 0.25) is 5.91 Å². The number of aliphatic hydroxyl groups is 1. The van der Waals surface area contributed by atoms with Gasteiger partial charge in [-0.15, -0.1) is 0 Å². The number of carbonyl (C=O) groups is 2. The molecule has 158 valence electrons. The Balaban J connectivity index is 1.35. The van der Waals surface area contributed by atoms with Crippen LogP contribution in [-0.2, 0) is 16.8 Å². The molecule has 1 saturated heterocycles. The molecule has 0 bridgehead atoms. The van der Waals surface area contributed by atoms with Crippen LogP contribution in [0, 0.1) is 0 Å². The molecule has 0 spiro atoms. The number of fused-ring (bicyclic) bond motifs is 1. The van der Waals surface area contributed by atoms with Crippen molar-refractivity contribution >= 4 is 17.6 Å². The van der Waals surface area contributed by atoms with Gasteiger partial charge >= 0.3 is 6.03 Å². The zero-order valence-electron chi connectivity index (χ0n) is 17.6. The van der Waals surface area contributed by atoms with E-state index < -0.39 is 17.0 Å². The van der Waals surface area contributed by atoms with E-state index in [-0.39, 0.29) is 12.5 Å². The van der Waals surface area contributed by atoms with Crippen LogP contribution in [0.25, 0.3) is 0 Å². The number of urea groups is 1. The minimum atomic E-state index is -0.958. The summed E-state index contributed by atoms with van der Waals surface area (Å²) in [6, 6.07) is 17.2. The average Bonchev–Trinajstić information content (AvgIpc) is 2.95. The predicted octanol–water partition coefficient (Wildman–Crippen LogP) is 3.05. The minimum absolute atomic E-state index is 0.136. The van der Waals surface area contributed by atoms with Gasteiger partial charge in [0.1, 0.15) is 0 Å². The highest BCUT2D eigenvalue weighted by atomic mass is 16.3. The lowest BCUT2D eigenvalue weighted by Crippen LogP contribution is -2.54. The summed E-state index contributed by atoms with van der Waals surface area (Å²) in [5, 5.41) is 13.8. The molecule has 2 aliphatic rings. The topological polar surface area (TPSA) is 72.9 Å². The summed E-state index contributed by atoms with van der Waals surface area (Å²) in [6.07, 6.45) is 1.16. The van der Waals surface area contributed by atoms with E-state index in [2.05, 4.69) is 22.3 Å². The van der Waals surface area contributed by atoms with Gasteiger partial charge in [0, 0.05) is 26.2 Å². The first kappa shape index (κ1) is 20.6. The second-order valence-electron chi connectivity index (χ2n) is 8.93. The van der Waals surface area contributed by atoms with Crippen molar-refractivity contribution in [3.8, 4) is 0 Å². The predicted molar refractivity (Wildman–Crippen MR) is 116 cm³/mol. The molecule has 6 heteroatoms. The van der Waals surface area contributed by atoms with E-state index in [4.69, 9.17) is 0 Å². The van der Waals surface area contributed by atoms with Gasteiger partial charge in [-0.3, -0.25) is 9.69 Å². The fraction of sp³-hybridized carbons (Fsp3) is 0.417. The Kier molecular flexibility index (Phi) is 5.38. The molecule has 1 fully saturated rings. The van der Waals surface area contributed by atoms with Crippen molar-refractivity contribution in [2.24, 2.45) is 0 Å². The third kappa shape index (κ3) is 3.85.